The molecular formula is C18H23N3OS2. The van der Waals surface area contributed by atoms with Crippen LogP contribution < -0.4 is 5.56 Å². The van der Waals surface area contributed by atoms with Crippen molar-refractivity contribution < 1.29 is 0 Å². The van der Waals surface area contributed by atoms with Crippen molar-refractivity contribution in [2.24, 2.45) is 0 Å². The first-order valence-corrected chi connectivity index (χ1v) is 10.0. The normalized spacial score (nSPS) is 11.7. The van der Waals surface area contributed by atoms with Crippen molar-refractivity contribution in [1.29, 1.82) is 0 Å². The van der Waals surface area contributed by atoms with E-state index in [1.54, 1.807) is 22.7 Å². The second kappa shape index (κ2) is 7.17. The van der Waals surface area contributed by atoms with Crippen molar-refractivity contribution in [2.45, 2.75) is 34.2 Å². The van der Waals surface area contributed by atoms with Gasteiger partial charge in [0.15, 0.2) is 0 Å². The maximum absolute atomic E-state index is 13.2. The number of likely N-dealkylation sites (N-methyl/N-ethyl adjacent to an activating group) is 1. The van der Waals surface area contributed by atoms with Gasteiger partial charge in [0, 0.05) is 28.4 Å². The number of rotatable bonds is 6. The highest BCUT2D eigenvalue weighted by Gasteiger charge is 2.19. The SMILES string of the molecule is CCN(CC)CCn1c(C)nc2sc(C)c(-c3cccs3)c2c1=O. The van der Waals surface area contributed by atoms with E-state index >= 15 is 0 Å². The van der Waals surface area contributed by atoms with Gasteiger partial charge in [-0.25, -0.2) is 4.98 Å². The molecule has 3 rings (SSSR count). The maximum atomic E-state index is 13.2. The Morgan fingerprint density at radius 3 is 2.62 bits per heavy atom. The molecule has 0 radical (unpaired) electrons. The largest absolute Gasteiger partial charge is 0.302 e. The molecule has 0 atom stereocenters. The molecule has 4 nitrogen and oxygen atoms in total. The maximum Gasteiger partial charge on any atom is 0.262 e. The molecule has 3 heterocycles. The van der Waals surface area contributed by atoms with Gasteiger partial charge in [-0.05, 0) is 38.4 Å². The molecule has 0 N–H and O–H groups in total. The lowest BCUT2D eigenvalue weighted by Gasteiger charge is -2.19. The average molecular weight is 362 g/mol. The van der Waals surface area contributed by atoms with E-state index in [2.05, 4.69) is 37.1 Å². The molecule has 0 bridgehead atoms. The summed E-state index contributed by atoms with van der Waals surface area (Å²) in [4.78, 5) is 23.4. The van der Waals surface area contributed by atoms with E-state index in [9.17, 15) is 4.79 Å². The predicted molar refractivity (Wildman–Crippen MR) is 104 cm³/mol. The summed E-state index contributed by atoms with van der Waals surface area (Å²) >= 11 is 3.30. The minimum Gasteiger partial charge on any atom is -0.302 e. The first-order valence-electron chi connectivity index (χ1n) is 8.33. The first-order chi connectivity index (χ1) is 11.6. The zero-order valence-electron chi connectivity index (χ0n) is 14.6. The number of hydrogen-bond acceptors (Lipinski definition) is 5. The van der Waals surface area contributed by atoms with Crippen LogP contribution in [0.3, 0.4) is 0 Å². The summed E-state index contributed by atoms with van der Waals surface area (Å²) in [5, 5.41) is 2.84. The van der Waals surface area contributed by atoms with Gasteiger partial charge in [0.1, 0.15) is 10.7 Å². The van der Waals surface area contributed by atoms with Crippen molar-refractivity contribution in [3.05, 3.63) is 38.6 Å². The molecule has 3 aromatic rings. The Hall–Kier alpha value is -1.50. The number of hydrogen-bond donors (Lipinski definition) is 0. The lowest BCUT2D eigenvalue weighted by atomic mass is 10.1. The molecular weight excluding hydrogens is 338 g/mol. The molecule has 24 heavy (non-hydrogen) atoms. The highest BCUT2D eigenvalue weighted by atomic mass is 32.1. The quantitative estimate of drug-likeness (QED) is 0.662. The van der Waals surface area contributed by atoms with Crippen LogP contribution in [-0.4, -0.2) is 34.1 Å². The Kier molecular flexibility index (Phi) is 5.18. The second-order valence-corrected chi connectivity index (χ2v) is 7.98. The van der Waals surface area contributed by atoms with E-state index in [0.29, 0.717) is 6.54 Å². The zero-order valence-corrected chi connectivity index (χ0v) is 16.3. The van der Waals surface area contributed by atoms with E-state index in [4.69, 9.17) is 4.98 Å². The standard InChI is InChI=1S/C18H23N3OS2/c1-5-20(6-2)9-10-21-13(4)19-17-16(18(21)22)15(12(3)24-17)14-8-7-11-23-14/h7-8,11H,5-6,9-10H2,1-4H3. The van der Waals surface area contributed by atoms with Crippen LogP contribution in [-0.2, 0) is 6.54 Å². The van der Waals surface area contributed by atoms with Crippen LogP contribution in [0.25, 0.3) is 20.7 Å². The van der Waals surface area contributed by atoms with Gasteiger partial charge in [-0.3, -0.25) is 9.36 Å². The average Bonchev–Trinajstić information content (AvgIpc) is 3.17. The smallest absolute Gasteiger partial charge is 0.262 e. The van der Waals surface area contributed by atoms with Gasteiger partial charge < -0.3 is 4.90 Å². The lowest BCUT2D eigenvalue weighted by Crippen LogP contribution is -2.32. The fraction of sp³-hybridized carbons (Fsp3) is 0.444. The van der Waals surface area contributed by atoms with Gasteiger partial charge >= 0.3 is 0 Å². The summed E-state index contributed by atoms with van der Waals surface area (Å²) in [7, 11) is 0. The van der Waals surface area contributed by atoms with Crippen LogP contribution in [0.2, 0.25) is 0 Å². The molecule has 6 heteroatoms. The van der Waals surface area contributed by atoms with Crippen LogP contribution in [0.1, 0.15) is 24.5 Å². The van der Waals surface area contributed by atoms with E-state index in [0.717, 1.165) is 51.0 Å². The predicted octanol–water partition coefficient (Wildman–Crippen LogP) is 4.15. The van der Waals surface area contributed by atoms with Crippen molar-refractivity contribution in [1.82, 2.24) is 14.5 Å². The summed E-state index contributed by atoms with van der Waals surface area (Å²) in [6, 6.07) is 4.11. The monoisotopic (exact) mass is 361 g/mol. The van der Waals surface area contributed by atoms with Crippen LogP contribution in [0, 0.1) is 13.8 Å². The van der Waals surface area contributed by atoms with Gasteiger partial charge in [0.25, 0.3) is 5.56 Å². The highest BCUT2D eigenvalue weighted by molar-refractivity contribution is 7.20. The molecule has 0 aliphatic carbocycles. The van der Waals surface area contributed by atoms with E-state index in [-0.39, 0.29) is 5.56 Å². The Morgan fingerprint density at radius 2 is 2.00 bits per heavy atom. The van der Waals surface area contributed by atoms with Crippen molar-refractivity contribution >= 4 is 32.9 Å². The van der Waals surface area contributed by atoms with Gasteiger partial charge in [-0.2, -0.15) is 0 Å². The zero-order chi connectivity index (χ0) is 17.3. The second-order valence-electron chi connectivity index (χ2n) is 5.83. The third kappa shape index (κ3) is 3.06. The van der Waals surface area contributed by atoms with Gasteiger partial charge in [-0.15, -0.1) is 22.7 Å². The molecule has 0 unspecified atom stereocenters. The van der Waals surface area contributed by atoms with Gasteiger partial charge in [0.05, 0.1) is 5.39 Å². The molecule has 0 spiro atoms. The van der Waals surface area contributed by atoms with Gasteiger partial charge in [0.2, 0.25) is 0 Å². The van der Waals surface area contributed by atoms with Crippen LogP contribution in [0.15, 0.2) is 22.3 Å². The minimum atomic E-state index is 0.0948. The Bertz CT molecular complexity index is 889. The summed E-state index contributed by atoms with van der Waals surface area (Å²) in [6.45, 7) is 11.9. The van der Waals surface area contributed by atoms with Crippen LogP contribution >= 0.6 is 22.7 Å². The van der Waals surface area contributed by atoms with E-state index in [1.165, 1.54) is 0 Å². The van der Waals surface area contributed by atoms with Crippen molar-refractivity contribution in [3.8, 4) is 10.4 Å². The fourth-order valence-corrected chi connectivity index (χ4v) is 5.03. The molecule has 0 aliphatic heterocycles. The Labute approximate surface area is 150 Å². The van der Waals surface area contributed by atoms with Crippen LogP contribution in [0.5, 0.6) is 0 Å². The third-order valence-corrected chi connectivity index (χ3v) is 6.37. The van der Waals surface area contributed by atoms with E-state index < -0.39 is 0 Å². The molecule has 0 saturated carbocycles. The summed E-state index contributed by atoms with van der Waals surface area (Å²) in [6.07, 6.45) is 0. The summed E-state index contributed by atoms with van der Waals surface area (Å²) < 4.78 is 1.84. The molecule has 3 aromatic heterocycles. The summed E-state index contributed by atoms with van der Waals surface area (Å²) in [5.41, 5.74) is 1.16. The van der Waals surface area contributed by atoms with Crippen molar-refractivity contribution in [2.75, 3.05) is 19.6 Å². The fourth-order valence-electron chi connectivity index (χ4n) is 3.06. The lowest BCUT2D eigenvalue weighted by molar-refractivity contribution is 0.288. The molecule has 128 valence electrons. The topological polar surface area (TPSA) is 38.1 Å². The number of nitrogens with zero attached hydrogens (tertiary/aromatic N) is 3. The Morgan fingerprint density at radius 1 is 1.25 bits per heavy atom. The minimum absolute atomic E-state index is 0.0948. The number of aryl methyl sites for hydroxylation is 2. The highest BCUT2D eigenvalue weighted by Crippen LogP contribution is 2.37. The Balaban J connectivity index is 2.12. The number of aromatic nitrogens is 2. The summed E-state index contributed by atoms with van der Waals surface area (Å²) in [5.74, 6) is 0.804. The molecule has 0 aliphatic rings. The first kappa shape index (κ1) is 17.3. The van der Waals surface area contributed by atoms with Crippen LogP contribution in [0.4, 0.5) is 0 Å². The van der Waals surface area contributed by atoms with Gasteiger partial charge in [-0.1, -0.05) is 19.9 Å². The number of fused-ring (bicyclic) bond motifs is 1. The molecule has 0 aromatic carbocycles. The van der Waals surface area contributed by atoms with Crippen molar-refractivity contribution in [3.63, 3.8) is 0 Å². The molecule has 0 fully saturated rings. The molecule has 0 amide bonds. The van der Waals surface area contributed by atoms with E-state index in [1.807, 2.05) is 17.6 Å². The number of thiophene rings is 2. The third-order valence-electron chi connectivity index (χ3n) is 4.48. The molecule has 0 saturated heterocycles.